The van der Waals surface area contributed by atoms with Gasteiger partial charge in [-0.05, 0) is 36.8 Å². The van der Waals surface area contributed by atoms with Crippen molar-refractivity contribution < 1.29 is 9.21 Å². The van der Waals surface area contributed by atoms with Crippen molar-refractivity contribution in [3.8, 4) is 0 Å². The number of hydrogen-bond acceptors (Lipinski definition) is 3. The first kappa shape index (κ1) is 14.6. The number of thiophene rings is 1. The van der Waals surface area contributed by atoms with E-state index < -0.39 is 0 Å². The predicted molar refractivity (Wildman–Crippen MR) is 87.8 cm³/mol. The van der Waals surface area contributed by atoms with Gasteiger partial charge in [0.2, 0.25) is 0 Å². The van der Waals surface area contributed by atoms with Gasteiger partial charge in [-0.25, -0.2) is 0 Å². The summed E-state index contributed by atoms with van der Waals surface area (Å²) in [5.41, 5.74) is 1.11. The molecule has 22 heavy (non-hydrogen) atoms. The van der Waals surface area contributed by atoms with E-state index in [-0.39, 0.29) is 5.91 Å². The van der Waals surface area contributed by atoms with Crippen LogP contribution in [0.2, 0.25) is 0 Å². The number of carbonyl (C=O) groups excluding carboxylic acids is 1. The van der Waals surface area contributed by atoms with Crippen LogP contribution in [0.3, 0.4) is 0 Å². The molecular weight excluding hydrogens is 294 g/mol. The summed E-state index contributed by atoms with van der Waals surface area (Å²) in [4.78, 5) is 16.5. The first-order valence-corrected chi connectivity index (χ1v) is 7.96. The van der Waals surface area contributed by atoms with Crippen molar-refractivity contribution in [2.45, 2.75) is 20.0 Å². The summed E-state index contributed by atoms with van der Waals surface area (Å²) in [6.45, 7) is 3.05. The largest absolute Gasteiger partial charge is 0.467 e. The van der Waals surface area contributed by atoms with E-state index in [4.69, 9.17) is 4.42 Å². The fourth-order valence-corrected chi connectivity index (χ4v) is 3.13. The maximum Gasteiger partial charge on any atom is 0.264 e. The Morgan fingerprint density at radius 2 is 1.86 bits per heavy atom. The van der Waals surface area contributed by atoms with Gasteiger partial charge in [0.25, 0.3) is 5.91 Å². The molecule has 0 bridgehead atoms. The van der Waals surface area contributed by atoms with Crippen LogP contribution in [0, 0.1) is 6.92 Å². The van der Waals surface area contributed by atoms with Gasteiger partial charge >= 0.3 is 0 Å². The Hall–Kier alpha value is -2.33. The SMILES string of the molecule is Cc1ccc(C(=O)N(Cc2ccccc2)Cc2ccco2)s1. The molecule has 0 spiro atoms. The van der Waals surface area contributed by atoms with Crippen LogP contribution in [0.5, 0.6) is 0 Å². The molecule has 0 unspecified atom stereocenters. The topological polar surface area (TPSA) is 33.5 Å². The summed E-state index contributed by atoms with van der Waals surface area (Å²) >= 11 is 1.53. The van der Waals surface area contributed by atoms with E-state index in [0.717, 1.165) is 21.1 Å². The summed E-state index contributed by atoms with van der Waals surface area (Å²) in [5, 5.41) is 0. The normalized spacial score (nSPS) is 10.6. The van der Waals surface area contributed by atoms with Gasteiger partial charge in [0, 0.05) is 11.4 Å². The predicted octanol–water partition coefficient (Wildman–Crippen LogP) is 4.49. The lowest BCUT2D eigenvalue weighted by Crippen LogP contribution is -2.29. The second-order valence-electron chi connectivity index (χ2n) is 5.14. The highest BCUT2D eigenvalue weighted by atomic mass is 32.1. The lowest BCUT2D eigenvalue weighted by Gasteiger charge is -2.21. The molecule has 3 nitrogen and oxygen atoms in total. The minimum Gasteiger partial charge on any atom is -0.467 e. The van der Waals surface area contributed by atoms with Crippen molar-refractivity contribution in [2.75, 3.05) is 0 Å². The third-order valence-electron chi connectivity index (χ3n) is 3.38. The maximum atomic E-state index is 12.8. The van der Waals surface area contributed by atoms with E-state index in [9.17, 15) is 4.79 Å². The highest BCUT2D eigenvalue weighted by molar-refractivity contribution is 7.13. The summed E-state index contributed by atoms with van der Waals surface area (Å²) < 4.78 is 5.40. The fourth-order valence-electron chi connectivity index (χ4n) is 2.30. The molecule has 2 heterocycles. The zero-order chi connectivity index (χ0) is 15.4. The van der Waals surface area contributed by atoms with E-state index in [0.29, 0.717) is 13.1 Å². The number of hydrogen-bond donors (Lipinski definition) is 0. The van der Waals surface area contributed by atoms with Crippen molar-refractivity contribution in [3.05, 3.63) is 81.9 Å². The Morgan fingerprint density at radius 1 is 1.05 bits per heavy atom. The minimum atomic E-state index is 0.0401. The number of aryl methyl sites for hydroxylation is 1. The summed E-state index contributed by atoms with van der Waals surface area (Å²) in [6.07, 6.45) is 1.63. The van der Waals surface area contributed by atoms with Crippen molar-refractivity contribution in [3.63, 3.8) is 0 Å². The second kappa shape index (κ2) is 6.62. The van der Waals surface area contributed by atoms with Gasteiger partial charge in [0.05, 0.1) is 17.7 Å². The molecule has 3 rings (SSSR count). The Kier molecular flexibility index (Phi) is 4.39. The Balaban J connectivity index is 1.83. The van der Waals surface area contributed by atoms with Crippen molar-refractivity contribution >= 4 is 17.2 Å². The molecule has 0 aliphatic rings. The van der Waals surface area contributed by atoms with Crippen LogP contribution in [-0.2, 0) is 13.1 Å². The smallest absolute Gasteiger partial charge is 0.264 e. The molecule has 0 saturated carbocycles. The highest BCUT2D eigenvalue weighted by Gasteiger charge is 2.19. The molecule has 112 valence electrons. The van der Waals surface area contributed by atoms with Crippen LogP contribution < -0.4 is 0 Å². The van der Waals surface area contributed by atoms with Crippen LogP contribution in [-0.4, -0.2) is 10.8 Å². The number of furan rings is 1. The number of carbonyl (C=O) groups is 1. The third kappa shape index (κ3) is 3.46. The van der Waals surface area contributed by atoms with Gasteiger partial charge < -0.3 is 9.32 Å². The molecule has 0 atom stereocenters. The molecule has 4 heteroatoms. The maximum absolute atomic E-state index is 12.8. The molecule has 0 aliphatic carbocycles. The number of nitrogens with zero attached hydrogens (tertiary/aromatic N) is 1. The molecule has 0 aliphatic heterocycles. The number of rotatable bonds is 5. The summed E-state index contributed by atoms with van der Waals surface area (Å²) in [6, 6.07) is 17.6. The van der Waals surface area contributed by atoms with Crippen LogP contribution in [0.4, 0.5) is 0 Å². The summed E-state index contributed by atoms with van der Waals surface area (Å²) in [7, 11) is 0. The van der Waals surface area contributed by atoms with Gasteiger partial charge in [-0.2, -0.15) is 0 Å². The van der Waals surface area contributed by atoms with E-state index in [1.165, 1.54) is 11.3 Å². The molecule has 1 aromatic carbocycles. The first-order chi connectivity index (χ1) is 10.7. The molecule has 0 fully saturated rings. The number of amides is 1. The van der Waals surface area contributed by atoms with E-state index in [1.807, 2.05) is 66.4 Å². The lowest BCUT2D eigenvalue weighted by molar-refractivity contribution is 0.0722. The molecular formula is C18H17NO2S. The molecule has 1 amide bonds. The van der Waals surface area contributed by atoms with Crippen molar-refractivity contribution in [1.29, 1.82) is 0 Å². The Morgan fingerprint density at radius 3 is 2.50 bits per heavy atom. The van der Waals surface area contributed by atoms with E-state index >= 15 is 0 Å². The van der Waals surface area contributed by atoms with Gasteiger partial charge in [-0.1, -0.05) is 30.3 Å². The van der Waals surface area contributed by atoms with Gasteiger partial charge in [-0.3, -0.25) is 4.79 Å². The number of benzene rings is 1. The monoisotopic (exact) mass is 311 g/mol. The van der Waals surface area contributed by atoms with Gasteiger partial charge in [-0.15, -0.1) is 11.3 Å². The van der Waals surface area contributed by atoms with Crippen molar-refractivity contribution in [1.82, 2.24) is 4.90 Å². The third-order valence-corrected chi connectivity index (χ3v) is 4.37. The van der Waals surface area contributed by atoms with Gasteiger partial charge in [0.15, 0.2) is 0 Å². The van der Waals surface area contributed by atoms with Crippen LogP contribution in [0.15, 0.2) is 65.3 Å². The second-order valence-corrected chi connectivity index (χ2v) is 6.42. The highest BCUT2D eigenvalue weighted by Crippen LogP contribution is 2.20. The Labute approximate surface area is 133 Å². The minimum absolute atomic E-state index is 0.0401. The Bertz CT molecular complexity index is 732. The first-order valence-electron chi connectivity index (χ1n) is 7.14. The van der Waals surface area contributed by atoms with Crippen LogP contribution in [0.25, 0.3) is 0 Å². The average Bonchev–Trinajstić information content (AvgIpc) is 3.18. The molecule has 0 radical (unpaired) electrons. The standard InChI is InChI=1S/C18H17NO2S/c1-14-9-10-17(22-14)18(20)19(13-16-8-5-11-21-16)12-15-6-3-2-4-7-15/h2-11H,12-13H2,1H3. The van der Waals surface area contributed by atoms with Crippen LogP contribution in [0.1, 0.15) is 25.9 Å². The van der Waals surface area contributed by atoms with E-state index in [2.05, 4.69) is 0 Å². The lowest BCUT2D eigenvalue weighted by atomic mass is 10.2. The quantitative estimate of drug-likeness (QED) is 0.695. The van der Waals surface area contributed by atoms with Crippen molar-refractivity contribution in [2.24, 2.45) is 0 Å². The fraction of sp³-hybridized carbons (Fsp3) is 0.167. The van der Waals surface area contributed by atoms with Crippen LogP contribution >= 0.6 is 11.3 Å². The molecule has 0 saturated heterocycles. The van der Waals surface area contributed by atoms with Gasteiger partial charge in [0.1, 0.15) is 5.76 Å². The molecule has 3 aromatic rings. The average molecular weight is 311 g/mol. The molecule has 0 N–H and O–H groups in total. The molecule has 2 aromatic heterocycles. The summed E-state index contributed by atoms with van der Waals surface area (Å²) in [5.74, 6) is 0.830. The van der Waals surface area contributed by atoms with E-state index in [1.54, 1.807) is 6.26 Å². The zero-order valence-corrected chi connectivity index (χ0v) is 13.2. The zero-order valence-electron chi connectivity index (χ0n) is 12.4.